The zero-order valence-electron chi connectivity index (χ0n) is 48.1. The summed E-state index contributed by atoms with van der Waals surface area (Å²) in [5, 5.41) is 63.5. The SMILES string of the molecule is C[C@H](CCC(=O)O)[C@H]1CC[C@H]2[C@@H]3CC[C@@H]4C[C@@H](n5cc(COc6cccc(-c7c8nc(c(-c9cccc(O)c9)c9ccc([nH]9)c(-c9cccc(O)c9)c9nc(c(-c%10cccc(O)c%10)c%10ccc7[nH]%10)C=C9)C=C8)c6)nn5)CC[C@]4(C)[C@H]3C[C@H](O)[C@]12C. The number of hydrogen-bond donors (Lipinski definition) is 7. The van der Waals surface area contributed by atoms with E-state index in [0.29, 0.717) is 64.5 Å². The third-order valence-corrected chi connectivity index (χ3v) is 20.9. The van der Waals surface area contributed by atoms with Crippen molar-refractivity contribution in [3.8, 4) is 67.5 Å². The van der Waals surface area contributed by atoms with E-state index in [1.165, 1.54) is 12.8 Å². The van der Waals surface area contributed by atoms with Crippen LogP contribution in [0, 0.1) is 46.3 Å². The lowest BCUT2D eigenvalue weighted by Gasteiger charge is -2.62. The Balaban J connectivity index is 0.786. The molecule has 432 valence electrons. The van der Waals surface area contributed by atoms with Crippen molar-refractivity contribution in [1.29, 1.82) is 0 Å². The predicted molar refractivity (Wildman–Crippen MR) is 332 cm³/mol. The number of nitrogens with zero attached hydrogens (tertiary/aromatic N) is 5. The van der Waals surface area contributed by atoms with Gasteiger partial charge in [0.2, 0.25) is 0 Å². The Morgan fingerprint density at radius 3 is 1.68 bits per heavy atom. The van der Waals surface area contributed by atoms with Gasteiger partial charge in [0.05, 0.1) is 41.1 Å². The van der Waals surface area contributed by atoms with Crippen LogP contribution in [0.1, 0.15) is 119 Å². The Morgan fingerprint density at radius 2 is 1.16 bits per heavy atom. The number of rotatable bonds is 12. The molecule has 85 heavy (non-hydrogen) atoms. The minimum absolute atomic E-state index is 0.120. The first kappa shape index (κ1) is 54.2. The second-order valence-electron chi connectivity index (χ2n) is 25.5. The number of aliphatic hydroxyl groups is 1. The standard InChI is InChI=1S/C71H71N7O7/c1-40(16-29-65(83)84)53-19-20-54-52-18-17-45-36-47(30-31-70(45,2)55(52)37-64(82)71(53,54)3)78-38-46(76-77-78)39-85-51-15-7-11-44(35-51)69-62-27-25-60(74-62)67(42-9-5-13-49(80)33-42)58-23-21-56(72-58)66(41-8-4-12-48(79)32-41)57-22-24-59(73-57)68(61-26-28-63(69)75-61)43-10-6-14-50(81)34-43/h4-15,21-28,32-35,38,40,45,47,52-55,64,72,75,79-82H,16-20,29-31,36-37,39H2,1-3H3,(H,83,84)/t40-,45-,47+,52+,53-,54+,55+,64+,70+,71-/m1/s1. The van der Waals surface area contributed by atoms with Crippen molar-refractivity contribution < 1.29 is 35.1 Å². The Bertz CT molecular complexity index is 4130. The van der Waals surface area contributed by atoms with Crippen molar-refractivity contribution in [3.05, 3.63) is 156 Å². The van der Waals surface area contributed by atoms with E-state index in [9.17, 15) is 30.3 Å². The zero-order valence-corrected chi connectivity index (χ0v) is 48.1. The lowest BCUT2D eigenvalue weighted by Crippen LogP contribution is -2.58. The molecule has 2 aliphatic heterocycles. The summed E-state index contributed by atoms with van der Waals surface area (Å²) in [4.78, 5) is 29.7. The van der Waals surface area contributed by atoms with E-state index < -0.39 is 5.97 Å². The van der Waals surface area contributed by atoms with E-state index in [1.54, 1.807) is 36.4 Å². The molecule has 4 saturated carbocycles. The van der Waals surface area contributed by atoms with Gasteiger partial charge in [-0.2, -0.15) is 0 Å². The molecule has 8 bridgehead atoms. The number of aromatic amines is 2. The molecule has 14 heteroatoms. The zero-order chi connectivity index (χ0) is 58.3. The van der Waals surface area contributed by atoms with E-state index >= 15 is 0 Å². The number of aromatic nitrogens is 7. The number of phenols is 3. The van der Waals surface area contributed by atoms with Crippen molar-refractivity contribution in [1.82, 2.24) is 34.9 Å². The van der Waals surface area contributed by atoms with E-state index in [4.69, 9.17) is 19.9 Å². The average Bonchev–Trinajstić information content (AvgIpc) is 3.14. The van der Waals surface area contributed by atoms with Gasteiger partial charge in [-0.15, -0.1) is 5.10 Å². The minimum atomic E-state index is -0.736. The van der Waals surface area contributed by atoms with Crippen LogP contribution in [0.4, 0.5) is 0 Å². The molecule has 0 spiro atoms. The second-order valence-corrected chi connectivity index (χ2v) is 25.5. The summed E-state index contributed by atoms with van der Waals surface area (Å²) in [7, 11) is 0. The van der Waals surface area contributed by atoms with Crippen LogP contribution in [0.25, 0.3) is 90.9 Å². The maximum absolute atomic E-state index is 12.1. The molecule has 7 N–H and O–H groups in total. The first-order valence-corrected chi connectivity index (χ1v) is 30.3. The Labute approximate surface area is 493 Å². The molecule has 0 unspecified atom stereocenters. The number of aromatic hydroxyl groups is 3. The monoisotopic (exact) mass is 1130 g/mol. The van der Waals surface area contributed by atoms with Gasteiger partial charge in [-0.25, -0.2) is 14.6 Å². The molecule has 4 aromatic carbocycles. The lowest BCUT2D eigenvalue weighted by atomic mass is 9.43. The van der Waals surface area contributed by atoms with Gasteiger partial charge in [-0.1, -0.05) is 74.5 Å². The van der Waals surface area contributed by atoms with Gasteiger partial charge in [0.1, 0.15) is 35.3 Å². The number of fused-ring (bicyclic) bond motifs is 13. The summed E-state index contributed by atoms with van der Waals surface area (Å²) in [5.41, 5.74) is 12.8. The lowest BCUT2D eigenvalue weighted by molar-refractivity contribution is -0.171. The molecule has 6 aliphatic rings. The number of aliphatic hydroxyl groups excluding tert-OH is 1. The smallest absolute Gasteiger partial charge is 0.303 e. The summed E-state index contributed by atoms with van der Waals surface area (Å²) in [6.45, 7) is 7.29. The highest BCUT2D eigenvalue weighted by Crippen LogP contribution is 2.69. The molecular weight excluding hydrogens is 1060 g/mol. The third-order valence-electron chi connectivity index (χ3n) is 20.9. The quantitative estimate of drug-likeness (QED) is 0.0611. The first-order chi connectivity index (χ1) is 41.2. The van der Waals surface area contributed by atoms with Gasteiger partial charge in [0.25, 0.3) is 0 Å². The molecule has 4 aromatic heterocycles. The number of aliphatic carboxylic acids is 1. The molecule has 0 radical (unpaired) electrons. The van der Waals surface area contributed by atoms with E-state index in [0.717, 1.165) is 111 Å². The molecule has 4 aliphatic carbocycles. The van der Waals surface area contributed by atoms with Crippen molar-refractivity contribution >= 4 is 52.3 Å². The normalized spacial score (nSPS) is 25.2. The van der Waals surface area contributed by atoms with Gasteiger partial charge in [0, 0.05) is 50.7 Å². The van der Waals surface area contributed by atoms with Gasteiger partial charge < -0.3 is 40.2 Å². The van der Waals surface area contributed by atoms with Crippen LogP contribution in [0.15, 0.2) is 128 Å². The largest absolute Gasteiger partial charge is 0.508 e. The highest BCUT2D eigenvalue weighted by atomic mass is 16.5. The van der Waals surface area contributed by atoms with Crippen LogP contribution in [-0.2, 0) is 11.4 Å². The van der Waals surface area contributed by atoms with Crippen LogP contribution in [-0.4, -0.2) is 72.5 Å². The van der Waals surface area contributed by atoms with E-state index in [1.807, 2.05) is 103 Å². The summed E-state index contributed by atoms with van der Waals surface area (Å²) in [6, 6.07) is 37.8. The topological polar surface area (TPSA) is 216 Å². The van der Waals surface area contributed by atoms with Gasteiger partial charge in [-0.05, 0) is 223 Å². The molecule has 0 saturated heterocycles. The summed E-state index contributed by atoms with van der Waals surface area (Å²) in [6.07, 6.45) is 19.1. The molecular formula is C71H71N7O7. The third kappa shape index (κ3) is 9.68. The molecule has 8 aromatic rings. The first-order valence-electron chi connectivity index (χ1n) is 30.3. The molecule has 0 amide bonds. The van der Waals surface area contributed by atoms with Crippen LogP contribution in [0.3, 0.4) is 0 Å². The predicted octanol–water partition coefficient (Wildman–Crippen LogP) is 15.3. The number of carboxylic acid groups (broad SMARTS) is 1. The maximum Gasteiger partial charge on any atom is 0.303 e. The molecule has 6 heterocycles. The molecule has 10 atom stereocenters. The maximum atomic E-state index is 12.1. The number of nitrogens with one attached hydrogen (secondary N) is 2. The fourth-order valence-electron chi connectivity index (χ4n) is 16.8. The number of benzene rings is 4. The number of H-pyrrole nitrogens is 2. The van der Waals surface area contributed by atoms with Crippen molar-refractivity contribution in [2.45, 2.75) is 104 Å². The van der Waals surface area contributed by atoms with Crippen LogP contribution >= 0.6 is 0 Å². The molecule has 14 nitrogen and oxygen atoms in total. The number of carboxylic acids is 1. The molecule has 14 rings (SSSR count). The second kappa shape index (κ2) is 21.4. The summed E-state index contributed by atoms with van der Waals surface area (Å²) < 4.78 is 8.68. The van der Waals surface area contributed by atoms with Gasteiger partial charge in [-0.3, -0.25) is 4.79 Å². The minimum Gasteiger partial charge on any atom is -0.508 e. The van der Waals surface area contributed by atoms with E-state index in [2.05, 4.69) is 52.8 Å². The number of ether oxygens (including phenoxy) is 1. The Kier molecular flexibility index (Phi) is 13.6. The highest BCUT2D eigenvalue weighted by Gasteiger charge is 2.64. The van der Waals surface area contributed by atoms with E-state index in [-0.39, 0.29) is 59.2 Å². The van der Waals surface area contributed by atoms with Gasteiger partial charge >= 0.3 is 5.97 Å². The number of phenolic OH excluding ortho intramolecular Hbond substituents is 3. The highest BCUT2D eigenvalue weighted by molar-refractivity contribution is 6.00. The Morgan fingerprint density at radius 1 is 0.647 bits per heavy atom. The van der Waals surface area contributed by atoms with Crippen molar-refractivity contribution in [2.75, 3.05) is 0 Å². The number of hydrogen-bond acceptors (Lipinski definition) is 10. The molecule has 4 fully saturated rings. The fourth-order valence-corrected chi connectivity index (χ4v) is 16.8. The fraction of sp³-hybridized carbons (Fsp3) is 0.338. The summed E-state index contributed by atoms with van der Waals surface area (Å²) >= 11 is 0. The Hall–Kier alpha value is -8.75. The van der Waals surface area contributed by atoms with Crippen molar-refractivity contribution in [3.63, 3.8) is 0 Å². The number of carbonyl (C=O) groups is 1. The van der Waals surface area contributed by atoms with Crippen LogP contribution in [0.5, 0.6) is 23.0 Å². The van der Waals surface area contributed by atoms with Crippen LogP contribution < -0.4 is 4.74 Å². The summed E-state index contributed by atoms with van der Waals surface area (Å²) in [5.74, 6) is 2.98. The van der Waals surface area contributed by atoms with Gasteiger partial charge in [0.15, 0.2) is 0 Å². The van der Waals surface area contributed by atoms with Crippen molar-refractivity contribution in [2.24, 2.45) is 46.3 Å². The average molecular weight is 1130 g/mol. The van der Waals surface area contributed by atoms with Crippen LogP contribution in [0.2, 0.25) is 0 Å².